The van der Waals surface area contributed by atoms with Crippen LogP contribution in [0.3, 0.4) is 0 Å². The van der Waals surface area contributed by atoms with Gasteiger partial charge in [-0.05, 0) is 35.9 Å². The lowest BCUT2D eigenvalue weighted by molar-refractivity contribution is -0.139. The number of benzene rings is 1. The molecule has 1 aliphatic heterocycles. The molecule has 0 saturated carbocycles. The van der Waals surface area contributed by atoms with Crippen molar-refractivity contribution >= 4 is 29.5 Å². The number of carbonyl (C=O) groups is 3. The first-order chi connectivity index (χ1) is 11.6. The predicted molar refractivity (Wildman–Crippen MR) is 87.6 cm³/mol. The van der Waals surface area contributed by atoms with E-state index in [9.17, 15) is 14.4 Å². The highest BCUT2D eigenvalue weighted by Gasteiger charge is 2.28. The van der Waals surface area contributed by atoms with Gasteiger partial charge in [0.2, 0.25) is 17.7 Å². The highest BCUT2D eigenvalue weighted by Crippen LogP contribution is 2.17. The van der Waals surface area contributed by atoms with E-state index in [1.165, 1.54) is 17.2 Å². The van der Waals surface area contributed by atoms with Crippen LogP contribution in [0, 0.1) is 0 Å². The van der Waals surface area contributed by atoms with Crippen molar-refractivity contribution in [3.63, 3.8) is 0 Å². The van der Waals surface area contributed by atoms with Crippen molar-refractivity contribution < 1.29 is 18.8 Å². The molecule has 0 aliphatic carbocycles. The Labute approximate surface area is 138 Å². The normalized spacial score (nSPS) is 14.6. The van der Waals surface area contributed by atoms with Crippen LogP contribution >= 0.6 is 0 Å². The SMILES string of the molecule is O=C(/C=C/c1ccco1)Nc1ccc(CN2C(=O)CCC2=O)cc1. The van der Waals surface area contributed by atoms with Gasteiger partial charge in [0.25, 0.3) is 0 Å². The average Bonchev–Trinajstić information content (AvgIpc) is 3.20. The number of nitrogens with one attached hydrogen (secondary N) is 1. The number of hydrogen-bond acceptors (Lipinski definition) is 4. The standard InChI is InChI=1S/C18H16N2O4/c21-16(8-7-15-2-1-11-24-15)19-14-5-3-13(4-6-14)12-20-17(22)9-10-18(20)23/h1-8,11H,9-10,12H2,(H,19,21)/b8-7+. The number of likely N-dealkylation sites (tertiary alicyclic amines) is 1. The Bertz CT molecular complexity index is 760. The molecule has 1 aromatic heterocycles. The minimum Gasteiger partial charge on any atom is -0.465 e. The van der Waals surface area contributed by atoms with E-state index >= 15 is 0 Å². The Hall–Kier alpha value is -3.15. The summed E-state index contributed by atoms with van der Waals surface area (Å²) in [6.07, 6.45) is 5.07. The van der Waals surface area contributed by atoms with Crippen LogP contribution in [0.2, 0.25) is 0 Å². The molecule has 3 rings (SSSR count). The lowest BCUT2D eigenvalue weighted by atomic mass is 10.2. The number of carbonyl (C=O) groups excluding carboxylic acids is 3. The van der Waals surface area contributed by atoms with Gasteiger partial charge < -0.3 is 9.73 Å². The number of anilines is 1. The van der Waals surface area contributed by atoms with E-state index in [1.54, 1.807) is 42.5 Å². The minimum absolute atomic E-state index is 0.138. The highest BCUT2D eigenvalue weighted by molar-refractivity contribution is 6.02. The molecule has 6 heteroatoms. The minimum atomic E-state index is -0.274. The fourth-order valence-electron chi connectivity index (χ4n) is 2.40. The fraction of sp³-hybridized carbons (Fsp3) is 0.167. The molecule has 1 saturated heterocycles. The molecule has 24 heavy (non-hydrogen) atoms. The summed E-state index contributed by atoms with van der Waals surface area (Å²) in [5, 5.41) is 2.73. The van der Waals surface area contributed by atoms with E-state index in [2.05, 4.69) is 5.32 Å². The second kappa shape index (κ2) is 6.95. The van der Waals surface area contributed by atoms with Crippen LogP contribution in [-0.2, 0) is 20.9 Å². The Morgan fingerprint density at radius 3 is 2.46 bits per heavy atom. The molecule has 0 unspecified atom stereocenters. The van der Waals surface area contributed by atoms with Crippen molar-refractivity contribution in [3.05, 3.63) is 60.1 Å². The zero-order valence-electron chi connectivity index (χ0n) is 12.9. The van der Waals surface area contributed by atoms with Crippen molar-refractivity contribution in [1.29, 1.82) is 0 Å². The first kappa shape index (κ1) is 15.7. The lowest BCUT2D eigenvalue weighted by Gasteiger charge is -2.14. The summed E-state index contributed by atoms with van der Waals surface area (Å²) < 4.78 is 5.10. The molecule has 122 valence electrons. The largest absolute Gasteiger partial charge is 0.465 e. The zero-order chi connectivity index (χ0) is 16.9. The molecule has 1 N–H and O–H groups in total. The van der Waals surface area contributed by atoms with Gasteiger partial charge in [0.05, 0.1) is 12.8 Å². The van der Waals surface area contributed by atoms with Crippen molar-refractivity contribution in [1.82, 2.24) is 4.90 Å². The molecular weight excluding hydrogens is 308 g/mol. The molecule has 0 bridgehead atoms. The van der Waals surface area contributed by atoms with Crippen molar-refractivity contribution in [2.45, 2.75) is 19.4 Å². The predicted octanol–water partition coefficient (Wildman–Crippen LogP) is 2.58. The third-order valence-corrected chi connectivity index (χ3v) is 3.66. The molecule has 1 fully saturated rings. The van der Waals surface area contributed by atoms with Gasteiger partial charge >= 0.3 is 0 Å². The number of furan rings is 1. The van der Waals surface area contributed by atoms with E-state index in [0.717, 1.165) is 5.56 Å². The Morgan fingerprint density at radius 1 is 1.12 bits per heavy atom. The van der Waals surface area contributed by atoms with Crippen molar-refractivity contribution in [3.8, 4) is 0 Å². The number of nitrogens with zero attached hydrogens (tertiary/aromatic N) is 1. The molecular formula is C18H16N2O4. The van der Waals surface area contributed by atoms with E-state index in [4.69, 9.17) is 4.42 Å². The lowest BCUT2D eigenvalue weighted by Crippen LogP contribution is -2.28. The molecule has 0 atom stereocenters. The summed E-state index contributed by atoms with van der Waals surface area (Å²) in [5.74, 6) is 0.0466. The summed E-state index contributed by atoms with van der Waals surface area (Å²) in [4.78, 5) is 36.3. The van der Waals surface area contributed by atoms with Gasteiger partial charge in [-0.25, -0.2) is 0 Å². The summed E-state index contributed by atoms with van der Waals surface area (Å²) in [5.41, 5.74) is 1.47. The maximum atomic E-state index is 11.8. The van der Waals surface area contributed by atoms with Crippen molar-refractivity contribution in [2.24, 2.45) is 0 Å². The van der Waals surface area contributed by atoms with Gasteiger partial charge in [-0.1, -0.05) is 12.1 Å². The summed E-state index contributed by atoms with van der Waals surface area (Å²) >= 11 is 0. The highest BCUT2D eigenvalue weighted by atomic mass is 16.3. The zero-order valence-corrected chi connectivity index (χ0v) is 12.9. The third kappa shape index (κ3) is 3.78. The summed E-state index contributed by atoms with van der Waals surface area (Å²) in [6.45, 7) is 0.268. The smallest absolute Gasteiger partial charge is 0.248 e. The van der Waals surface area contributed by atoms with Crippen LogP contribution < -0.4 is 5.32 Å². The second-order valence-electron chi connectivity index (χ2n) is 5.41. The summed E-state index contributed by atoms with van der Waals surface area (Å²) in [7, 11) is 0. The molecule has 3 amide bonds. The number of hydrogen-bond donors (Lipinski definition) is 1. The fourth-order valence-corrected chi connectivity index (χ4v) is 2.40. The Balaban J connectivity index is 1.57. The van der Waals surface area contributed by atoms with Crippen LogP contribution in [0.15, 0.2) is 53.2 Å². The topological polar surface area (TPSA) is 79.6 Å². The van der Waals surface area contributed by atoms with Crippen LogP contribution in [0.1, 0.15) is 24.2 Å². The molecule has 6 nitrogen and oxygen atoms in total. The van der Waals surface area contributed by atoms with E-state index in [-0.39, 0.29) is 37.1 Å². The van der Waals surface area contributed by atoms with Crippen LogP contribution in [-0.4, -0.2) is 22.6 Å². The van der Waals surface area contributed by atoms with E-state index in [1.807, 2.05) is 0 Å². The maximum Gasteiger partial charge on any atom is 0.248 e. The molecule has 0 radical (unpaired) electrons. The van der Waals surface area contributed by atoms with Gasteiger partial charge in [-0.2, -0.15) is 0 Å². The summed E-state index contributed by atoms with van der Waals surface area (Å²) in [6, 6.07) is 10.5. The van der Waals surface area contributed by atoms with Gasteiger partial charge in [-0.15, -0.1) is 0 Å². The first-order valence-electron chi connectivity index (χ1n) is 7.56. The third-order valence-electron chi connectivity index (χ3n) is 3.66. The van der Waals surface area contributed by atoms with E-state index in [0.29, 0.717) is 11.4 Å². The number of rotatable bonds is 5. The second-order valence-corrected chi connectivity index (χ2v) is 5.41. The molecule has 2 aromatic rings. The van der Waals surface area contributed by atoms with Gasteiger partial charge in [0, 0.05) is 24.6 Å². The number of amides is 3. The Morgan fingerprint density at radius 2 is 1.83 bits per heavy atom. The molecule has 1 aromatic carbocycles. The maximum absolute atomic E-state index is 11.8. The monoisotopic (exact) mass is 324 g/mol. The van der Waals surface area contributed by atoms with Gasteiger partial charge in [0.1, 0.15) is 5.76 Å². The van der Waals surface area contributed by atoms with E-state index < -0.39 is 0 Å². The van der Waals surface area contributed by atoms with Gasteiger partial charge in [-0.3, -0.25) is 19.3 Å². The quantitative estimate of drug-likeness (QED) is 0.677. The molecule has 0 spiro atoms. The first-order valence-corrected chi connectivity index (χ1v) is 7.56. The van der Waals surface area contributed by atoms with Crippen LogP contribution in [0.25, 0.3) is 6.08 Å². The average molecular weight is 324 g/mol. The van der Waals surface area contributed by atoms with Crippen molar-refractivity contribution in [2.75, 3.05) is 5.32 Å². The van der Waals surface area contributed by atoms with Gasteiger partial charge in [0.15, 0.2) is 0 Å². The van der Waals surface area contributed by atoms with Crippen LogP contribution in [0.4, 0.5) is 5.69 Å². The Kier molecular flexibility index (Phi) is 4.56. The molecule has 2 heterocycles. The molecule has 1 aliphatic rings. The number of imide groups is 1. The van der Waals surface area contributed by atoms with Crippen LogP contribution in [0.5, 0.6) is 0 Å².